The van der Waals surface area contributed by atoms with Crippen molar-refractivity contribution in [2.24, 2.45) is 5.73 Å². The number of benzene rings is 2. The van der Waals surface area contributed by atoms with Crippen molar-refractivity contribution in [2.75, 3.05) is 0 Å². The van der Waals surface area contributed by atoms with Gasteiger partial charge in [0.25, 0.3) is 0 Å². The highest BCUT2D eigenvalue weighted by molar-refractivity contribution is 6.32. The van der Waals surface area contributed by atoms with E-state index in [-0.39, 0.29) is 29.8 Å². The predicted molar refractivity (Wildman–Crippen MR) is 88.3 cm³/mol. The van der Waals surface area contributed by atoms with Crippen molar-refractivity contribution in [3.05, 3.63) is 58.4 Å². The molecule has 0 heterocycles. The summed E-state index contributed by atoms with van der Waals surface area (Å²) < 4.78 is 20.0. The van der Waals surface area contributed by atoms with Crippen LogP contribution in [0.2, 0.25) is 5.02 Å². The molecule has 0 spiro atoms. The Balaban J connectivity index is 0.00000242. The van der Waals surface area contributed by atoms with Crippen LogP contribution in [-0.2, 0) is 6.61 Å². The second-order valence-corrected chi connectivity index (χ2v) is 5.11. The van der Waals surface area contributed by atoms with E-state index in [0.29, 0.717) is 23.3 Å². The molecule has 6 heteroatoms. The van der Waals surface area contributed by atoms with Gasteiger partial charge >= 0.3 is 0 Å². The molecule has 120 valence electrons. The Morgan fingerprint density at radius 2 is 2.05 bits per heavy atom. The molecule has 0 aliphatic heterocycles. The lowest BCUT2D eigenvalue weighted by Crippen LogP contribution is -2.11. The van der Waals surface area contributed by atoms with Crippen molar-refractivity contribution in [3.63, 3.8) is 0 Å². The van der Waals surface area contributed by atoms with Gasteiger partial charge in [-0.25, -0.2) is 4.39 Å². The fourth-order valence-corrected chi connectivity index (χ4v) is 2.16. The van der Waals surface area contributed by atoms with Crippen molar-refractivity contribution in [2.45, 2.75) is 26.0 Å². The molecule has 1 atom stereocenters. The first kappa shape index (κ1) is 18.7. The molecule has 2 rings (SSSR count). The Morgan fingerprint density at radius 1 is 1.32 bits per heavy atom. The molecule has 0 aliphatic rings. The molecule has 0 saturated carbocycles. The Kier molecular flexibility index (Phi) is 7.10. The molecule has 0 aromatic heterocycles. The predicted octanol–water partition coefficient (Wildman–Crippen LogP) is 4.60. The van der Waals surface area contributed by atoms with Crippen LogP contribution >= 0.6 is 24.0 Å². The van der Waals surface area contributed by atoms with E-state index in [4.69, 9.17) is 27.2 Å². The van der Waals surface area contributed by atoms with Gasteiger partial charge in [-0.2, -0.15) is 0 Å². The number of nitrogens with two attached hydrogens (primary N) is 1. The Bertz CT molecular complexity index is 638. The normalized spacial score (nSPS) is 11.7. The number of aliphatic hydroxyl groups excluding tert-OH is 1. The maximum absolute atomic E-state index is 14.5. The highest BCUT2D eigenvalue weighted by Gasteiger charge is 2.18. The molecule has 0 aliphatic carbocycles. The summed E-state index contributed by atoms with van der Waals surface area (Å²) in [6, 6.07) is 9.49. The minimum Gasteiger partial charge on any atom is -0.453 e. The fourth-order valence-electron chi connectivity index (χ4n) is 1.97. The number of aliphatic hydroxyl groups is 1. The number of hydrogen-bond acceptors (Lipinski definition) is 3. The molecule has 2 aromatic carbocycles. The van der Waals surface area contributed by atoms with E-state index >= 15 is 0 Å². The minimum absolute atomic E-state index is 0. The average Bonchev–Trinajstić information content (AvgIpc) is 2.51. The molecular formula is C16H18Cl2FNO2. The van der Waals surface area contributed by atoms with Gasteiger partial charge in [0.1, 0.15) is 5.75 Å². The highest BCUT2D eigenvalue weighted by Crippen LogP contribution is 2.36. The van der Waals surface area contributed by atoms with E-state index in [1.807, 2.05) is 6.92 Å². The molecular weight excluding hydrogens is 328 g/mol. The largest absolute Gasteiger partial charge is 0.453 e. The first-order chi connectivity index (χ1) is 10.1. The van der Waals surface area contributed by atoms with Crippen LogP contribution in [0, 0.1) is 5.82 Å². The lowest BCUT2D eigenvalue weighted by Gasteiger charge is -2.15. The highest BCUT2D eigenvalue weighted by atomic mass is 35.5. The molecule has 0 bridgehead atoms. The molecule has 0 radical (unpaired) electrons. The fraction of sp³-hybridized carbons (Fsp3) is 0.250. The first-order valence-corrected chi connectivity index (χ1v) is 7.05. The second-order valence-electron chi connectivity index (χ2n) is 4.70. The third kappa shape index (κ3) is 4.11. The van der Waals surface area contributed by atoms with Gasteiger partial charge < -0.3 is 15.6 Å². The van der Waals surface area contributed by atoms with Crippen molar-refractivity contribution >= 4 is 24.0 Å². The summed E-state index contributed by atoms with van der Waals surface area (Å²) in [5.74, 6) is -0.191. The summed E-state index contributed by atoms with van der Waals surface area (Å²) in [5, 5.41) is 9.29. The maximum atomic E-state index is 14.5. The topological polar surface area (TPSA) is 55.5 Å². The summed E-state index contributed by atoms with van der Waals surface area (Å²) in [7, 11) is 0. The van der Waals surface area contributed by atoms with Gasteiger partial charge in [0.05, 0.1) is 11.6 Å². The van der Waals surface area contributed by atoms with Crippen LogP contribution in [0.5, 0.6) is 11.5 Å². The molecule has 0 saturated heterocycles. The van der Waals surface area contributed by atoms with Gasteiger partial charge in [-0.05, 0) is 30.2 Å². The summed E-state index contributed by atoms with van der Waals surface area (Å²) >= 11 is 6.02. The van der Waals surface area contributed by atoms with Crippen LogP contribution in [-0.4, -0.2) is 5.11 Å². The lowest BCUT2D eigenvalue weighted by atomic mass is 10.0. The standard InChI is InChI=1S/C16H17ClFNO2.ClH/c1-2-14(19)12-6-7-13(17)16(15(12)18)21-11-5-3-4-10(8-11)9-20;/h3-8,14,20H,2,9,19H2,1H3;1H/t14-;/m0./s1. The van der Waals surface area contributed by atoms with E-state index in [1.54, 1.807) is 36.4 Å². The smallest absolute Gasteiger partial charge is 0.181 e. The molecule has 0 amide bonds. The molecule has 22 heavy (non-hydrogen) atoms. The number of ether oxygens (including phenoxy) is 1. The summed E-state index contributed by atoms with van der Waals surface area (Å²) in [5.41, 5.74) is 6.92. The molecule has 3 N–H and O–H groups in total. The number of hydrogen-bond donors (Lipinski definition) is 2. The molecule has 0 unspecified atom stereocenters. The maximum Gasteiger partial charge on any atom is 0.181 e. The lowest BCUT2D eigenvalue weighted by molar-refractivity contribution is 0.281. The van der Waals surface area contributed by atoms with Crippen molar-refractivity contribution in [1.82, 2.24) is 0 Å². The van der Waals surface area contributed by atoms with Crippen LogP contribution in [0.25, 0.3) is 0 Å². The molecule has 2 aromatic rings. The van der Waals surface area contributed by atoms with Gasteiger partial charge in [-0.1, -0.05) is 36.7 Å². The third-order valence-corrected chi connectivity index (χ3v) is 3.52. The monoisotopic (exact) mass is 345 g/mol. The van der Waals surface area contributed by atoms with Gasteiger partial charge in [-0.3, -0.25) is 0 Å². The molecule has 0 fully saturated rings. The van der Waals surface area contributed by atoms with E-state index < -0.39 is 11.9 Å². The van der Waals surface area contributed by atoms with Crippen molar-refractivity contribution in [1.29, 1.82) is 0 Å². The minimum atomic E-state index is -0.550. The quantitative estimate of drug-likeness (QED) is 0.832. The SMILES string of the molecule is CC[C@H](N)c1ccc(Cl)c(Oc2cccc(CO)c2)c1F.Cl. The van der Waals surface area contributed by atoms with E-state index in [2.05, 4.69) is 0 Å². The van der Waals surface area contributed by atoms with Gasteiger partial charge in [0.15, 0.2) is 11.6 Å². The van der Waals surface area contributed by atoms with Gasteiger partial charge in [0.2, 0.25) is 0 Å². The number of halogens is 3. The summed E-state index contributed by atoms with van der Waals surface area (Å²) in [4.78, 5) is 0. The van der Waals surface area contributed by atoms with Crippen LogP contribution in [0.1, 0.15) is 30.5 Å². The first-order valence-electron chi connectivity index (χ1n) is 6.68. The zero-order valence-electron chi connectivity index (χ0n) is 12.1. The van der Waals surface area contributed by atoms with Crippen molar-refractivity contribution < 1.29 is 14.2 Å². The average molecular weight is 346 g/mol. The van der Waals surface area contributed by atoms with E-state index in [9.17, 15) is 4.39 Å². The van der Waals surface area contributed by atoms with Crippen LogP contribution in [0.4, 0.5) is 4.39 Å². The Morgan fingerprint density at radius 3 is 2.68 bits per heavy atom. The zero-order chi connectivity index (χ0) is 15.4. The second kappa shape index (κ2) is 8.34. The van der Waals surface area contributed by atoms with Gasteiger partial charge in [-0.15, -0.1) is 12.4 Å². The molecule has 3 nitrogen and oxygen atoms in total. The van der Waals surface area contributed by atoms with Crippen LogP contribution in [0.3, 0.4) is 0 Å². The summed E-state index contributed by atoms with van der Waals surface area (Å²) in [6.45, 7) is 1.76. The third-order valence-electron chi connectivity index (χ3n) is 3.22. The van der Waals surface area contributed by atoms with E-state index in [1.165, 1.54) is 0 Å². The van der Waals surface area contributed by atoms with Gasteiger partial charge in [0, 0.05) is 11.6 Å². The van der Waals surface area contributed by atoms with Crippen molar-refractivity contribution in [3.8, 4) is 11.5 Å². The Labute approximate surface area is 140 Å². The number of rotatable bonds is 5. The van der Waals surface area contributed by atoms with E-state index in [0.717, 1.165) is 0 Å². The van der Waals surface area contributed by atoms with Crippen LogP contribution in [0.15, 0.2) is 36.4 Å². The summed E-state index contributed by atoms with van der Waals surface area (Å²) in [6.07, 6.45) is 0.609. The Hall–Kier alpha value is -1.33. The zero-order valence-corrected chi connectivity index (χ0v) is 13.6. The van der Waals surface area contributed by atoms with Crippen LogP contribution < -0.4 is 10.5 Å².